The second-order valence-electron chi connectivity index (χ2n) is 6.96. The molecule has 0 fully saturated rings. The van der Waals surface area contributed by atoms with E-state index in [9.17, 15) is 4.39 Å². The summed E-state index contributed by atoms with van der Waals surface area (Å²) < 4.78 is 15.6. The van der Waals surface area contributed by atoms with E-state index >= 15 is 0 Å². The molecular formula is C22H17FN6. The summed E-state index contributed by atoms with van der Waals surface area (Å²) >= 11 is 0. The maximum Gasteiger partial charge on any atom is 0.132 e. The van der Waals surface area contributed by atoms with Crippen molar-refractivity contribution >= 4 is 27.8 Å². The van der Waals surface area contributed by atoms with E-state index in [1.54, 1.807) is 24.5 Å². The van der Waals surface area contributed by atoms with Gasteiger partial charge in [-0.1, -0.05) is 23.4 Å². The molecule has 0 unspecified atom stereocenters. The molecule has 0 radical (unpaired) electrons. The van der Waals surface area contributed by atoms with Crippen LogP contribution in [-0.4, -0.2) is 25.0 Å². The summed E-state index contributed by atoms with van der Waals surface area (Å²) in [4.78, 5) is 8.68. The van der Waals surface area contributed by atoms with E-state index in [0.29, 0.717) is 11.3 Å². The lowest BCUT2D eigenvalue weighted by Crippen LogP contribution is -2.09. The first-order valence-corrected chi connectivity index (χ1v) is 9.21. The smallest absolute Gasteiger partial charge is 0.132 e. The zero-order valence-corrected chi connectivity index (χ0v) is 15.6. The molecule has 29 heavy (non-hydrogen) atoms. The molecule has 3 aromatic heterocycles. The van der Waals surface area contributed by atoms with Gasteiger partial charge in [-0.25, -0.2) is 14.1 Å². The van der Waals surface area contributed by atoms with E-state index in [-0.39, 0.29) is 11.9 Å². The molecule has 0 saturated carbocycles. The van der Waals surface area contributed by atoms with E-state index in [2.05, 4.69) is 26.3 Å². The van der Waals surface area contributed by atoms with Gasteiger partial charge in [0, 0.05) is 17.1 Å². The van der Waals surface area contributed by atoms with Crippen molar-refractivity contribution in [1.29, 1.82) is 0 Å². The molecule has 5 aromatic rings. The van der Waals surface area contributed by atoms with Crippen molar-refractivity contribution in [1.82, 2.24) is 25.0 Å². The number of hydrogen-bond donors (Lipinski definition) is 1. The lowest BCUT2D eigenvalue weighted by Gasteiger charge is -2.14. The van der Waals surface area contributed by atoms with Crippen LogP contribution in [0.4, 0.5) is 10.2 Å². The van der Waals surface area contributed by atoms with Gasteiger partial charge < -0.3 is 5.73 Å². The zero-order chi connectivity index (χ0) is 20.0. The molecule has 3 heterocycles. The van der Waals surface area contributed by atoms with Crippen molar-refractivity contribution in [3.8, 4) is 11.1 Å². The van der Waals surface area contributed by atoms with Gasteiger partial charge in [-0.2, -0.15) is 0 Å². The van der Waals surface area contributed by atoms with Crippen LogP contribution in [0, 0.1) is 5.82 Å². The van der Waals surface area contributed by atoms with Crippen molar-refractivity contribution in [3.05, 3.63) is 78.4 Å². The number of anilines is 1. The fourth-order valence-corrected chi connectivity index (χ4v) is 3.56. The monoisotopic (exact) mass is 384 g/mol. The van der Waals surface area contributed by atoms with Crippen molar-refractivity contribution < 1.29 is 4.39 Å². The Morgan fingerprint density at radius 1 is 0.931 bits per heavy atom. The van der Waals surface area contributed by atoms with Crippen LogP contribution in [-0.2, 0) is 0 Å². The molecule has 0 aliphatic rings. The topological polar surface area (TPSA) is 82.5 Å². The second-order valence-corrected chi connectivity index (χ2v) is 6.96. The highest BCUT2D eigenvalue weighted by Crippen LogP contribution is 2.30. The standard InChI is InChI=1S/C22H17FN6/c1-13(14-3-2-4-17(23)9-14)29-22-18-10-15(16-6-8-21(24)26-11-16)5-7-19(18)25-12-20(22)27-28-29/h2-13H,1H3,(H2,24,26)/t13-/m1/s1. The van der Waals surface area contributed by atoms with Crippen molar-refractivity contribution in [2.45, 2.75) is 13.0 Å². The van der Waals surface area contributed by atoms with Crippen LogP contribution < -0.4 is 5.73 Å². The number of rotatable bonds is 3. The maximum atomic E-state index is 13.7. The Morgan fingerprint density at radius 3 is 2.59 bits per heavy atom. The third-order valence-corrected chi connectivity index (χ3v) is 5.12. The molecule has 0 aliphatic heterocycles. The first-order valence-electron chi connectivity index (χ1n) is 9.21. The largest absolute Gasteiger partial charge is 0.384 e. The van der Waals surface area contributed by atoms with Gasteiger partial charge in [-0.3, -0.25) is 4.98 Å². The summed E-state index contributed by atoms with van der Waals surface area (Å²) in [6.07, 6.45) is 3.46. The molecule has 5 rings (SSSR count). The minimum atomic E-state index is -0.275. The molecule has 7 heteroatoms. The zero-order valence-electron chi connectivity index (χ0n) is 15.6. The molecule has 0 saturated heterocycles. The Hall–Kier alpha value is -3.87. The third-order valence-electron chi connectivity index (χ3n) is 5.12. The normalized spacial score (nSPS) is 12.5. The van der Waals surface area contributed by atoms with Crippen molar-refractivity contribution in [3.63, 3.8) is 0 Å². The molecule has 0 spiro atoms. The number of nitrogens with two attached hydrogens (primary N) is 1. The summed E-state index contributed by atoms with van der Waals surface area (Å²) in [6.45, 7) is 1.98. The third kappa shape index (κ3) is 2.97. The molecule has 6 nitrogen and oxygen atoms in total. The molecule has 142 valence electrons. The lowest BCUT2D eigenvalue weighted by molar-refractivity contribution is 0.553. The van der Waals surface area contributed by atoms with Crippen LogP contribution in [0.5, 0.6) is 0 Å². The average molecular weight is 384 g/mol. The summed E-state index contributed by atoms with van der Waals surface area (Å²) in [6, 6.07) is 16.1. The number of fused-ring (bicyclic) bond motifs is 3. The number of halogens is 1. The molecule has 1 atom stereocenters. The van der Waals surface area contributed by atoms with E-state index < -0.39 is 0 Å². The van der Waals surface area contributed by atoms with Gasteiger partial charge in [-0.15, -0.1) is 5.10 Å². The highest BCUT2D eigenvalue weighted by Gasteiger charge is 2.17. The summed E-state index contributed by atoms with van der Waals surface area (Å²) in [7, 11) is 0. The molecule has 0 bridgehead atoms. The summed E-state index contributed by atoms with van der Waals surface area (Å²) in [5.41, 5.74) is 10.9. The van der Waals surface area contributed by atoms with Crippen LogP contribution >= 0.6 is 0 Å². The lowest BCUT2D eigenvalue weighted by atomic mass is 10.0. The van der Waals surface area contributed by atoms with Crippen LogP contribution in [0.1, 0.15) is 18.5 Å². The first kappa shape index (κ1) is 17.2. The van der Waals surface area contributed by atoms with Crippen molar-refractivity contribution in [2.24, 2.45) is 0 Å². The first-order chi connectivity index (χ1) is 14.1. The minimum absolute atomic E-state index is 0.192. The molecular weight excluding hydrogens is 367 g/mol. The van der Waals surface area contributed by atoms with Crippen LogP contribution in [0.25, 0.3) is 33.1 Å². The van der Waals surface area contributed by atoms with Gasteiger partial charge >= 0.3 is 0 Å². The maximum absolute atomic E-state index is 13.7. The van der Waals surface area contributed by atoms with Gasteiger partial charge in [-0.05, 0) is 54.4 Å². The van der Waals surface area contributed by atoms with E-state index in [1.807, 2.05) is 35.9 Å². The highest BCUT2D eigenvalue weighted by atomic mass is 19.1. The molecule has 2 aromatic carbocycles. The number of aromatic nitrogens is 5. The molecule has 0 aliphatic carbocycles. The number of nitrogens with zero attached hydrogens (tertiary/aromatic N) is 5. The average Bonchev–Trinajstić information content (AvgIpc) is 3.18. The Bertz CT molecular complexity index is 1340. The van der Waals surface area contributed by atoms with Crippen LogP contribution in [0.3, 0.4) is 0 Å². The van der Waals surface area contributed by atoms with Gasteiger partial charge in [0.05, 0.1) is 17.8 Å². The van der Waals surface area contributed by atoms with E-state index in [4.69, 9.17) is 5.73 Å². The predicted octanol–water partition coefficient (Wildman–Crippen LogP) is 4.37. The molecule has 0 amide bonds. The van der Waals surface area contributed by atoms with Gasteiger partial charge in [0.15, 0.2) is 0 Å². The minimum Gasteiger partial charge on any atom is -0.384 e. The highest BCUT2D eigenvalue weighted by molar-refractivity contribution is 6.03. The number of pyridine rings is 2. The van der Waals surface area contributed by atoms with Gasteiger partial charge in [0.1, 0.15) is 22.7 Å². The Morgan fingerprint density at radius 2 is 1.79 bits per heavy atom. The molecule has 2 N–H and O–H groups in total. The predicted molar refractivity (Wildman–Crippen MR) is 111 cm³/mol. The van der Waals surface area contributed by atoms with Gasteiger partial charge in [0.25, 0.3) is 0 Å². The Balaban J connectivity index is 1.72. The second kappa shape index (κ2) is 6.63. The Kier molecular flexibility index (Phi) is 3.94. The van der Waals surface area contributed by atoms with Gasteiger partial charge in [0.2, 0.25) is 0 Å². The summed E-state index contributed by atoms with van der Waals surface area (Å²) in [5.74, 6) is 0.202. The number of nitrogen functional groups attached to an aromatic ring is 1. The fraction of sp³-hybridized carbons (Fsp3) is 0.0909. The SMILES string of the molecule is C[C@H](c1cccc(F)c1)n1nnc2cnc3ccc(-c4ccc(N)nc4)cc3c21. The summed E-state index contributed by atoms with van der Waals surface area (Å²) in [5, 5.41) is 9.54. The van der Waals surface area contributed by atoms with Crippen molar-refractivity contribution in [2.75, 3.05) is 5.73 Å². The van der Waals surface area contributed by atoms with E-state index in [1.165, 1.54) is 12.1 Å². The Labute approximate surface area is 165 Å². The quantitative estimate of drug-likeness (QED) is 0.499. The number of hydrogen-bond acceptors (Lipinski definition) is 5. The van der Waals surface area contributed by atoms with Crippen LogP contribution in [0.2, 0.25) is 0 Å². The number of benzene rings is 2. The van der Waals surface area contributed by atoms with E-state index in [0.717, 1.165) is 33.1 Å². The van der Waals surface area contributed by atoms with Crippen LogP contribution in [0.15, 0.2) is 67.0 Å². The fourth-order valence-electron chi connectivity index (χ4n) is 3.56.